The average molecular weight is 439 g/mol. The number of hydrogen-bond donors (Lipinski definition) is 2. The maximum atomic E-state index is 12.3. The molecule has 0 saturated heterocycles. The molecule has 0 aliphatic rings. The third-order valence-electron chi connectivity index (χ3n) is 3.56. The molecule has 2 aromatic rings. The number of anilines is 1. The smallest absolute Gasteiger partial charge is 0.343 e. The summed E-state index contributed by atoms with van der Waals surface area (Å²) < 4.78 is 36.9. The van der Waals surface area contributed by atoms with Crippen molar-refractivity contribution in [3.8, 4) is 5.75 Å². The molecule has 0 aliphatic carbocycles. The second kappa shape index (κ2) is 10.8. The van der Waals surface area contributed by atoms with Gasteiger partial charge in [-0.05, 0) is 48.5 Å². The van der Waals surface area contributed by atoms with Gasteiger partial charge in [-0.1, -0.05) is 0 Å². The minimum absolute atomic E-state index is 0.128. The molecule has 0 spiro atoms. The molecule has 29 heavy (non-hydrogen) atoms. The number of ether oxygens (including phenoxy) is 2. The van der Waals surface area contributed by atoms with Crippen molar-refractivity contribution in [2.75, 3.05) is 31.3 Å². The van der Waals surface area contributed by atoms with E-state index in [1.807, 2.05) is 12.1 Å². The van der Waals surface area contributed by atoms with E-state index < -0.39 is 16.0 Å². The van der Waals surface area contributed by atoms with E-state index in [2.05, 4.69) is 14.8 Å². The van der Waals surface area contributed by atoms with Gasteiger partial charge in [-0.25, -0.2) is 17.9 Å². The van der Waals surface area contributed by atoms with Crippen molar-refractivity contribution in [2.45, 2.75) is 16.7 Å². The lowest BCUT2D eigenvalue weighted by Gasteiger charge is -2.08. The first-order chi connectivity index (χ1) is 13.8. The Morgan fingerprint density at radius 2 is 1.69 bits per heavy atom. The van der Waals surface area contributed by atoms with Crippen molar-refractivity contribution < 1.29 is 27.5 Å². The summed E-state index contributed by atoms with van der Waals surface area (Å²) in [5, 5.41) is 2.58. The van der Waals surface area contributed by atoms with Crippen molar-refractivity contribution in [1.82, 2.24) is 4.72 Å². The highest BCUT2D eigenvalue weighted by molar-refractivity contribution is 7.99. The van der Waals surface area contributed by atoms with Gasteiger partial charge in [0.1, 0.15) is 5.75 Å². The Morgan fingerprint density at radius 3 is 2.28 bits per heavy atom. The Kier molecular flexibility index (Phi) is 8.50. The largest absolute Gasteiger partial charge is 0.482 e. The summed E-state index contributed by atoms with van der Waals surface area (Å²) in [6.45, 7) is 1.48. The maximum Gasteiger partial charge on any atom is 0.343 e. The van der Waals surface area contributed by atoms with E-state index in [4.69, 9.17) is 4.74 Å². The van der Waals surface area contributed by atoms with Crippen LogP contribution < -0.4 is 14.8 Å². The minimum Gasteiger partial charge on any atom is -0.482 e. The summed E-state index contributed by atoms with van der Waals surface area (Å²) in [5.41, 5.74) is 0.533. The summed E-state index contributed by atoms with van der Waals surface area (Å²) in [4.78, 5) is 23.1. The number of benzene rings is 2. The fourth-order valence-electron chi connectivity index (χ4n) is 2.18. The molecule has 0 saturated carbocycles. The Balaban J connectivity index is 1.78. The molecule has 0 radical (unpaired) electrons. The van der Waals surface area contributed by atoms with Crippen LogP contribution in [0.3, 0.4) is 0 Å². The number of rotatable bonds is 10. The zero-order chi connectivity index (χ0) is 21.3. The van der Waals surface area contributed by atoms with Crippen molar-refractivity contribution in [3.63, 3.8) is 0 Å². The van der Waals surface area contributed by atoms with Crippen LogP contribution in [-0.4, -0.2) is 46.3 Å². The van der Waals surface area contributed by atoms with E-state index in [-0.39, 0.29) is 24.0 Å². The number of sulfonamides is 1. The topological polar surface area (TPSA) is 111 Å². The molecular weight excluding hydrogens is 416 g/mol. The molecule has 0 aromatic heterocycles. The van der Waals surface area contributed by atoms with Gasteiger partial charge >= 0.3 is 5.97 Å². The first-order valence-electron chi connectivity index (χ1n) is 8.60. The summed E-state index contributed by atoms with van der Waals surface area (Å²) in [5.74, 6) is 0.397. The Labute approximate surface area is 174 Å². The lowest BCUT2D eigenvalue weighted by Crippen LogP contribution is -2.26. The van der Waals surface area contributed by atoms with Crippen LogP contribution in [0.25, 0.3) is 0 Å². The third-order valence-corrected chi connectivity index (χ3v) is 6.05. The van der Waals surface area contributed by atoms with E-state index in [0.29, 0.717) is 17.2 Å². The van der Waals surface area contributed by atoms with E-state index in [9.17, 15) is 18.0 Å². The van der Waals surface area contributed by atoms with E-state index in [1.54, 1.807) is 12.1 Å². The Morgan fingerprint density at radius 1 is 1.03 bits per heavy atom. The van der Waals surface area contributed by atoms with Crippen LogP contribution in [0.5, 0.6) is 5.75 Å². The van der Waals surface area contributed by atoms with Gasteiger partial charge in [0.15, 0.2) is 6.61 Å². The van der Waals surface area contributed by atoms with Crippen LogP contribution in [0, 0.1) is 0 Å². The van der Waals surface area contributed by atoms with Crippen LogP contribution in [0.2, 0.25) is 0 Å². The third kappa shape index (κ3) is 7.76. The zero-order valence-electron chi connectivity index (χ0n) is 16.0. The number of carbonyl (C=O) groups excluding carboxylic acids is 2. The van der Waals surface area contributed by atoms with Gasteiger partial charge in [0.25, 0.3) is 0 Å². The Bertz CT molecular complexity index is 928. The number of esters is 1. The SMILES string of the molecule is COC(=O)COc1ccc(SCCNS(=O)(=O)c2ccc(NC(C)=O)cc2)cc1. The first kappa shape index (κ1) is 22.7. The first-order valence-corrected chi connectivity index (χ1v) is 11.1. The van der Waals surface area contributed by atoms with Crippen molar-refractivity contribution in [2.24, 2.45) is 0 Å². The highest BCUT2D eigenvalue weighted by Crippen LogP contribution is 2.21. The highest BCUT2D eigenvalue weighted by atomic mass is 32.2. The van der Waals surface area contributed by atoms with Gasteiger partial charge in [-0.15, -0.1) is 11.8 Å². The lowest BCUT2D eigenvalue weighted by atomic mass is 10.3. The number of carbonyl (C=O) groups is 2. The molecule has 10 heteroatoms. The normalized spacial score (nSPS) is 11.0. The summed E-state index contributed by atoms with van der Waals surface area (Å²) in [7, 11) is -2.33. The molecule has 2 N–H and O–H groups in total. The van der Waals surface area contributed by atoms with Crippen molar-refractivity contribution in [3.05, 3.63) is 48.5 Å². The summed E-state index contributed by atoms with van der Waals surface area (Å²) in [6.07, 6.45) is 0. The quantitative estimate of drug-likeness (QED) is 0.333. The molecule has 0 bridgehead atoms. The lowest BCUT2D eigenvalue weighted by molar-refractivity contribution is -0.142. The van der Waals surface area contributed by atoms with Gasteiger partial charge in [0, 0.05) is 29.8 Å². The molecule has 2 rings (SSSR count). The molecule has 0 atom stereocenters. The second-order valence-corrected chi connectivity index (χ2v) is 8.72. The number of amides is 1. The molecule has 0 unspecified atom stereocenters. The van der Waals surface area contributed by atoms with Crippen molar-refractivity contribution >= 4 is 39.3 Å². The number of methoxy groups -OCH3 is 1. The molecular formula is C19H22N2O6S2. The zero-order valence-corrected chi connectivity index (χ0v) is 17.6. The number of nitrogens with one attached hydrogen (secondary N) is 2. The second-order valence-electron chi connectivity index (χ2n) is 5.79. The summed E-state index contributed by atoms with van der Waals surface area (Å²) in [6, 6.07) is 13.1. The number of thioether (sulfide) groups is 1. The van der Waals surface area contributed by atoms with Crippen LogP contribution >= 0.6 is 11.8 Å². The van der Waals surface area contributed by atoms with Gasteiger partial charge in [0.2, 0.25) is 15.9 Å². The fraction of sp³-hybridized carbons (Fsp3) is 0.263. The average Bonchev–Trinajstić information content (AvgIpc) is 2.70. The maximum absolute atomic E-state index is 12.3. The van der Waals surface area contributed by atoms with Crippen LogP contribution in [0.1, 0.15) is 6.92 Å². The van der Waals surface area contributed by atoms with Crippen LogP contribution in [0.15, 0.2) is 58.3 Å². The van der Waals surface area contributed by atoms with Gasteiger partial charge in [-0.2, -0.15) is 0 Å². The predicted molar refractivity (Wildman–Crippen MR) is 111 cm³/mol. The minimum atomic E-state index is -3.62. The van der Waals surface area contributed by atoms with Crippen LogP contribution in [-0.2, 0) is 24.3 Å². The van der Waals surface area contributed by atoms with E-state index in [0.717, 1.165) is 4.90 Å². The molecule has 0 aliphatic heterocycles. The molecule has 156 valence electrons. The molecule has 1 amide bonds. The molecule has 0 fully saturated rings. The summed E-state index contributed by atoms with van der Waals surface area (Å²) >= 11 is 1.48. The van der Waals surface area contributed by atoms with Gasteiger partial charge < -0.3 is 14.8 Å². The van der Waals surface area contributed by atoms with E-state index >= 15 is 0 Å². The fourth-order valence-corrected chi connectivity index (χ4v) is 4.11. The number of hydrogen-bond acceptors (Lipinski definition) is 7. The standard InChI is InChI=1S/C19H22N2O6S2/c1-14(22)21-15-3-9-18(10-4-15)29(24,25)20-11-12-28-17-7-5-16(6-8-17)27-13-19(23)26-2/h3-10,20H,11-13H2,1-2H3,(H,21,22). The van der Waals surface area contributed by atoms with Gasteiger partial charge in [0.05, 0.1) is 12.0 Å². The van der Waals surface area contributed by atoms with Crippen LogP contribution in [0.4, 0.5) is 5.69 Å². The predicted octanol–water partition coefficient (Wildman–Crippen LogP) is 2.27. The molecule has 0 heterocycles. The molecule has 8 nitrogen and oxygen atoms in total. The van der Waals surface area contributed by atoms with E-state index in [1.165, 1.54) is 50.1 Å². The highest BCUT2D eigenvalue weighted by Gasteiger charge is 2.13. The van der Waals surface area contributed by atoms with Crippen molar-refractivity contribution in [1.29, 1.82) is 0 Å². The molecule has 2 aromatic carbocycles. The Hall–Kier alpha value is -2.56. The van der Waals surface area contributed by atoms with Gasteiger partial charge in [-0.3, -0.25) is 4.79 Å². The monoisotopic (exact) mass is 438 g/mol.